The molecule has 0 bridgehead atoms. The van der Waals surface area contributed by atoms with E-state index in [0.717, 1.165) is 0 Å². The van der Waals surface area contributed by atoms with Crippen LogP contribution in [0.25, 0.3) is 0 Å². The van der Waals surface area contributed by atoms with Crippen molar-refractivity contribution in [3.05, 3.63) is 36.0 Å². The van der Waals surface area contributed by atoms with Gasteiger partial charge in [0.05, 0.1) is 5.56 Å². The Morgan fingerprint density at radius 3 is 3.06 bits per heavy atom. The molecule has 0 radical (unpaired) electrons. The fourth-order valence-electron chi connectivity index (χ4n) is 1.88. The molecule has 0 fully saturated rings. The van der Waals surface area contributed by atoms with E-state index in [9.17, 15) is 9.59 Å². The summed E-state index contributed by atoms with van der Waals surface area (Å²) in [6.45, 7) is 3.94. The van der Waals surface area contributed by atoms with Gasteiger partial charge in [-0.15, -0.1) is 0 Å². The number of aromatic nitrogens is 1. The molecule has 6 nitrogen and oxygen atoms in total. The van der Waals surface area contributed by atoms with Gasteiger partial charge in [0.15, 0.2) is 0 Å². The minimum absolute atomic E-state index is 0.114. The number of carboxylic acids is 1. The van der Waals surface area contributed by atoms with Crippen molar-refractivity contribution >= 4 is 17.9 Å². The molecule has 2 heterocycles. The summed E-state index contributed by atoms with van der Waals surface area (Å²) in [5.74, 6) is -0.654. The maximum Gasteiger partial charge on any atom is 0.415 e. The summed E-state index contributed by atoms with van der Waals surface area (Å²) < 4.78 is 4.91. The van der Waals surface area contributed by atoms with Gasteiger partial charge in [0, 0.05) is 18.3 Å². The number of amides is 1. The maximum absolute atomic E-state index is 11.7. The number of carboxylic acid groups (broad SMARTS) is 1. The smallest absolute Gasteiger partial charge is 0.415 e. The Kier molecular flexibility index (Phi) is 3.27. The molecule has 1 aromatic heterocycles. The van der Waals surface area contributed by atoms with Gasteiger partial charge in [-0.2, -0.15) is 0 Å². The lowest BCUT2D eigenvalue weighted by atomic mass is 10.1. The summed E-state index contributed by atoms with van der Waals surface area (Å²) in [6.07, 6.45) is 2.77. The fourth-order valence-corrected chi connectivity index (χ4v) is 1.88. The molecule has 2 rings (SSSR count). The van der Waals surface area contributed by atoms with Gasteiger partial charge < -0.3 is 9.84 Å². The Bertz CT molecular complexity index is 513. The monoisotopic (exact) mass is 248 g/mol. The van der Waals surface area contributed by atoms with E-state index in [1.165, 1.54) is 23.2 Å². The number of rotatable bonds is 3. The van der Waals surface area contributed by atoms with Crippen LogP contribution in [-0.2, 0) is 11.2 Å². The number of anilines is 1. The van der Waals surface area contributed by atoms with Gasteiger partial charge in [-0.25, -0.2) is 14.6 Å². The molecular weight excluding hydrogens is 236 g/mol. The van der Waals surface area contributed by atoms with E-state index >= 15 is 0 Å². The Morgan fingerprint density at radius 1 is 1.61 bits per heavy atom. The normalized spacial score (nSPS) is 13.0. The molecule has 6 heteroatoms. The van der Waals surface area contributed by atoms with Gasteiger partial charge in [-0.3, -0.25) is 4.90 Å². The molecule has 0 aliphatic carbocycles. The number of carbonyl (C=O) groups excluding carboxylic acids is 1. The highest BCUT2D eigenvalue weighted by Gasteiger charge is 2.30. The highest BCUT2D eigenvalue weighted by molar-refractivity contribution is 5.95. The third-order valence-electron chi connectivity index (χ3n) is 2.65. The first-order valence-corrected chi connectivity index (χ1v) is 5.41. The van der Waals surface area contributed by atoms with Gasteiger partial charge in [-0.05, 0) is 12.5 Å². The molecule has 0 saturated heterocycles. The van der Waals surface area contributed by atoms with E-state index in [-0.39, 0.29) is 12.2 Å². The van der Waals surface area contributed by atoms with Crippen LogP contribution in [0.3, 0.4) is 0 Å². The van der Waals surface area contributed by atoms with Crippen LogP contribution < -0.4 is 4.90 Å². The summed E-state index contributed by atoms with van der Waals surface area (Å²) in [4.78, 5) is 28.1. The van der Waals surface area contributed by atoms with Crippen LogP contribution >= 0.6 is 0 Å². The average molecular weight is 248 g/mol. The van der Waals surface area contributed by atoms with E-state index in [0.29, 0.717) is 24.3 Å². The lowest BCUT2D eigenvalue weighted by molar-refractivity contribution is 0.0695. The topological polar surface area (TPSA) is 79.7 Å². The molecule has 1 aromatic rings. The Hall–Kier alpha value is -2.37. The minimum atomic E-state index is -1.02. The fraction of sp³-hybridized carbons (Fsp3) is 0.250. The zero-order valence-corrected chi connectivity index (χ0v) is 9.63. The Labute approximate surface area is 104 Å². The Balaban J connectivity index is 2.28. The first kappa shape index (κ1) is 12.1. The van der Waals surface area contributed by atoms with Crippen molar-refractivity contribution in [2.24, 2.45) is 0 Å². The minimum Gasteiger partial charge on any atom is -0.478 e. The van der Waals surface area contributed by atoms with Gasteiger partial charge in [-0.1, -0.05) is 12.7 Å². The van der Waals surface area contributed by atoms with Crippen molar-refractivity contribution < 1.29 is 19.4 Å². The molecule has 0 unspecified atom stereocenters. The quantitative estimate of drug-likeness (QED) is 0.819. The molecule has 94 valence electrons. The average Bonchev–Trinajstić information content (AvgIpc) is 2.79. The van der Waals surface area contributed by atoms with Crippen molar-refractivity contribution in [3.63, 3.8) is 0 Å². The summed E-state index contributed by atoms with van der Waals surface area (Å²) in [5, 5.41) is 9.04. The number of carbonyl (C=O) groups is 2. The summed E-state index contributed by atoms with van der Waals surface area (Å²) in [6, 6.07) is 1.43. The molecular formula is C12H12N2O4. The van der Waals surface area contributed by atoms with E-state index in [1.807, 2.05) is 0 Å². The zero-order valence-electron chi connectivity index (χ0n) is 9.63. The van der Waals surface area contributed by atoms with Gasteiger partial charge in [0.2, 0.25) is 0 Å². The molecule has 0 saturated carbocycles. The van der Waals surface area contributed by atoms with Crippen molar-refractivity contribution in [1.29, 1.82) is 0 Å². The summed E-state index contributed by atoms with van der Waals surface area (Å²) in [5.41, 5.74) is 0.750. The predicted molar refractivity (Wildman–Crippen MR) is 63.8 cm³/mol. The number of hydrogen-bond acceptors (Lipinski definition) is 4. The third-order valence-corrected chi connectivity index (χ3v) is 2.65. The molecule has 1 amide bonds. The van der Waals surface area contributed by atoms with Crippen LogP contribution in [0.5, 0.6) is 0 Å². The van der Waals surface area contributed by atoms with E-state index in [2.05, 4.69) is 11.6 Å². The van der Waals surface area contributed by atoms with Crippen molar-refractivity contribution in [1.82, 2.24) is 4.98 Å². The maximum atomic E-state index is 11.7. The first-order valence-electron chi connectivity index (χ1n) is 5.41. The summed E-state index contributed by atoms with van der Waals surface area (Å²) >= 11 is 0. The second-order valence-corrected chi connectivity index (χ2v) is 3.73. The third kappa shape index (κ3) is 2.04. The molecule has 0 atom stereocenters. The van der Waals surface area contributed by atoms with Crippen molar-refractivity contribution in [3.8, 4) is 0 Å². The molecule has 1 aliphatic heterocycles. The van der Waals surface area contributed by atoms with Crippen LogP contribution in [0.4, 0.5) is 10.6 Å². The molecule has 0 aromatic carbocycles. The number of ether oxygens (including phenoxy) is 1. The van der Waals surface area contributed by atoms with Crippen LogP contribution in [-0.4, -0.2) is 35.3 Å². The standard InChI is InChI=1S/C12H12N2O4/c1-2-7-18-12(17)14-6-4-8-9(11(15)16)3-5-13-10(8)14/h2-3,5H,1,4,6-7H2,(H,15,16). The van der Waals surface area contributed by atoms with Gasteiger partial charge in [0.1, 0.15) is 12.4 Å². The Morgan fingerprint density at radius 2 is 2.39 bits per heavy atom. The van der Waals surface area contributed by atoms with Crippen LogP contribution in [0.2, 0.25) is 0 Å². The van der Waals surface area contributed by atoms with Gasteiger partial charge in [0.25, 0.3) is 0 Å². The highest BCUT2D eigenvalue weighted by atomic mass is 16.6. The van der Waals surface area contributed by atoms with E-state index in [4.69, 9.17) is 9.84 Å². The second-order valence-electron chi connectivity index (χ2n) is 3.73. The second kappa shape index (κ2) is 4.87. The molecule has 1 aliphatic rings. The number of aromatic carboxylic acids is 1. The van der Waals surface area contributed by atoms with E-state index < -0.39 is 12.1 Å². The van der Waals surface area contributed by atoms with Crippen LogP contribution in [0.1, 0.15) is 15.9 Å². The highest BCUT2D eigenvalue weighted by Crippen LogP contribution is 2.28. The predicted octanol–water partition coefficient (Wildman–Crippen LogP) is 1.46. The number of pyridine rings is 1. The summed E-state index contributed by atoms with van der Waals surface area (Å²) in [7, 11) is 0. The molecule has 1 N–H and O–H groups in total. The number of hydrogen-bond donors (Lipinski definition) is 1. The molecule has 0 spiro atoms. The largest absolute Gasteiger partial charge is 0.478 e. The van der Waals surface area contributed by atoms with E-state index in [1.54, 1.807) is 0 Å². The number of fused-ring (bicyclic) bond motifs is 1. The SMILES string of the molecule is C=CCOC(=O)N1CCc2c(C(=O)O)ccnc21. The zero-order chi connectivity index (χ0) is 13.1. The lowest BCUT2D eigenvalue weighted by Gasteiger charge is -2.15. The molecule has 18 heavy (non-hydrogen) atoms. The number of nitrogens with zero attached hydrogens (tertiary/aromatic N) is 2. The van der Waals surface area contributed by atoms with Crippen LogP contribution in [0.15, 0.2) is 24.9 Å². The lowest BCUT2D eigenvalue weighted by Crippen LogP contribution is -2.30. The van der Waals surface area contributed by atoms with Crippen LogP contribution in [0, 0.1) is 0 Å². The van der Waals surface area contributed by atoms with Gasteiger partial charge >= 0.3 is 12.1 Å². The first-order chi connectivity index (χ1) is 8.65. The van der Waals surface area contributed by atoms with Crippen molar-refractivity contribution in [2.75, 3.05) is 18.1 Å². The van der Waals surface area contributed by atoms with Crippen molar-refractivity contribution in [2.45, 2.75) is 6.42 Å².